The van der Waals surface area contributed by atoms with Crippen molar-refractivity contribution >= 4 is 17.4 Å². The van der Waals surface area contributed by atoms with Gasteiger partial charge < -0.3 is 9.84 Å². The molecule has 1 N–H and O–H groups in total. The standard InChI is InChI=1S/C16H19ClN2O2/c1-2-21-16(12-7-6-8-12)15-14(17)13(18-11-19-15)9-4-3-5-10-20/h11,20H,2-3,5-8,10H2,1H3. The summed E-state index contributed by atoms with van der Waals surface area (Å²) in [7, 11) is 0. The molecule has 0 spiro atoms. The Morgan fingerprint density at radius 1 is 1.43 bits per heavy atom. The molecule has 0 unspecified atom stereocenters. The SMILES string of the molecule is CCOC(=C1CCC1)c1ncnc(C#CCCCO)c1Cl. The van der Waals surface area contributed by atoms with E-state index in [1.54, 1.807) is 0 Å². The van der Waals surface area contributed by atoms with Gasteiger partial charge in [-0.3, -0.25) is 0 Å². The molecule has 1 saturated carbocycles. The fourth-order valence-corrected chi connectivity index (χ4v) is 2.22. The van der Waals surface area contributed by atoms with Crippen LogP contribution in [0.1, 0.15) is 50.4 Å². The summed E-state index contributed by atoms with van der Waals surface area (Å²) < 4.78 is 5.73. The number of hydrogen-bond donors (Lipinski definition) is 1. The van der Waals surface area contributed by atoms with E-state index < -0.39 is 0 Å². The number of halogens is 1. The number of hydrogen-bond acceptors (Lipinski definition) is 4. The molecule has 1 aliphatic carbocycles. The quantitative estimate of drug-likeness (QED) is 0.516. The lowest BCUT2D eigenvalue weighted by Crippen LogP contribution is -2.07. The zero-order valence-corrected chi connectivity index (χ0v) is 12.9. The van der Waals surface area contributed by atoms with E-state index in [0.717, 1.165) is 18.6 Å². The van der Waals surface area contributed by atoms with Crippen LogP contribution in [-0.2, 0) is 4.74 Å². The second kappa shape index (κ2) is 8.02. The van der Waals surface area contributed by atoms with Gasteiger partial charge in [-0.2, -0.15) is 0 Å². The number of nitrogens with zero attached hydrogens (tertiary/aromatic N) is 2. The molecule has 0 atom stereocenters. The molecular weight excluding hydrogens is 288 g/mol. The molecule has 0 amide bonds. The topological polar surface area (TPSA) is 55.2 Å². The zero-order valence-electron chi connectivity index (χ0n) is 12.2. The molecule has 1 aromatic rings. The summed E-state index contributed by atoms with van der Waals surface area (Å²) in [5, 5.41) is 9.19. The molecule has 1 heterocycles. The van der Waals surface area contributed by atoms with Crippen molar-refractivity contribution in [3.63, 3.8) is 0 Å². The van der Waals surface area contributed by atoms with Crippen LogP contribution in [-0.4, -0.2) is 28.3 Å². The molecule has 4 nitrogen and oxygen atoms in total. The van der Waals surface area contributed by atoms with Crippen LogP contribution < -0.4 is 0 Å². The maximum Gasteiger partial charge on any atom is 0.145 e. The summed E-state index contributed by atoms with van der Waals surface area (Å²) in [4.78, 5) is 8.40. The van der Waals surface area contributed by atoms with E-state index in [1.807, 2.05) is 6.92 Å². The van der Waals surface area contributed by atoms with Gasteiger partial charge in [-0.25, -0.2) is 9.97 Å². The minimum atomic E-state index is 0.137. The smallest absolute Gasteiger partial charge is 0.145 e. The maximum atomic E-state index is 8.75. The molecule has 21 heavy (non-hydrogen) atoms. The van der Waals surface area contributed by atoms with Gasteiger partial charge in [0.25, 0.3) is 0 Å². The van der Waals surface area contributed by atoms with Crippen LogP contribution >= 0.6 is 11.6 Å². The molecule has 1 aromatic heterocycles. The molecule has 0 aliphatic heterocycles. The summed E-state index contributed by atoms with van der Waals surface area (Å²) >= 11 is 6.39. The first-order chi connectivity index (χ1) is 10.3. The van der Waals surface area contributed by atoms with Crippen LogP contribution in [0.15, 0.2) is 11.9 Å². The first kappa shape index (κ1) is 15.8. The third-order valence-corrected chi connectivity index (χ3v) is 3.60. The summed E-state index contributed by atoms with van der Waals surface area (Å²) in [5.41, 5.74) is 2.41. The van der Waals surface area contributed by atoms with Gasteiger partial charge in [-0.05, 0) is 44.1 Å². The summed E-state index contributed by atoms with van der Waals surface area (Å²) in [5.74, 6) is 6.68. The van der Waals surface area contributed by atoms with Crippen LogP contribution in [0, 0.1) is 11.8 Å². The van der Waals surface area contributed by atoms with E-state index in [-0.39, 0.29) is 6.61 Å². The van der Waals surface area contributed by atoms with Crippen molar-refractivity contribution < 1.29 is 9.84 Å². The van der Waals surface area contributed by atoms with E-state index >= 15 is 0 Å². The minimum Gasteiger partial charge on any atom is -0.492 e. The Balaban J connectivity index is 2.29. The highest BCUT2D eigenvalue weighted by Crippen LogP contribution is 2.36. The molecular formula is C16H19ClN2O2. The number of aliphatic hydroxyl groups excluding tert-OH is 1. The first-order valence-corrected chi connectivity index (χ1v) is 7.61. The highest BCUT2D eigenvalue weighted by molar-refractivity contribution is 6.33. The number of aliphatic hydroxyl groups is 1. The molecule has 0 bridgehead atoms. The summed E-state index contributed by atoms with van der Waals surface area (Å²) in [6, 6.07) is 0. The monoisotopic (exact) mass is 306 g/mol. The number of rotatable bonds is 5. The van der Waals surface area contributed by atoms with Crippen LogP contribution in [0.4, 0.5) is 0 Å². The van der Waals surface area contributed by atoms with Crippen molar-refractivity contribution in [3.05, 3.63) is 28.3 Å². The van der Waals surface area contributed by atoms with Gasteiger partial charge in [0.05, 0.1) is 6.61 Å². The fraction of sp³-hybridized carbons (Fsp3) is 0.500. The molecule has 112 valence electrons. The number of allylic oxidation sites excluding steroid dienone is 1. The van der Waals surface area contributed by atoms with Crippen LogP contribution in [0.5, 0.6) is 0 Å². The predicted octanol–water partition coefficient (Wildman–Crippen LogP) is 3.19. The number of aromatic nitrogens is 2. The lowest BCUT2D eigenvalue weighted by atomic mass is 9.90. The van der Waals surface area contributed by atoms with Crippen molar-refractivity contribution in [2.75, 3.05) is 13.2 Å². The van der Waals surface area contributed by atoms with Crippen molar-refractivity contribution in [2.24, 2.45) is 0 Å². The number of unbranched alkanes of at least 4 members (excludes halogenated alkanes) is 1. The van der Waals surface area contributed by atoms with E-state index in [1.165, 1.54) is 18.3 Å². The Kier molecular flexibility index (Phi) is 6.04. The van der Waals surface area contributed by atoms with Crippen LogP contribution in [0.3, 0.4) is 0 Å². The number of ether oxygens (including phenoxy) is 1. The Morgan fingerprint density at radius 3 is 2.86 bits per heavy atom. The van der Waals surface area contributed by atoms with E-state index in [9.17, 15) is 0 Å². The molecule has 5 heteroatoms. The second-order valence-electron chi connectivity index (χ2n) is 4.73. The first-order valence-electron chi connectivity index (χ1n) is 7.23. The van der Waals surface area contributed by atoms with E-state index in [4.69, 9.17) is 21.4 Å². The van der Waals surface area contributed by atoms with Gasteiger partial charge in [0.15, 0.2) is 0 Å². The van der Waals surface area contributed by atoms with Gasteiger partial charge in [-0.15, -0.1) is 0 Å². The van der Waals surface area contributed by atoms with Crippen molar-refractivity contribution in [1.29, 1.82) is 0 Å². The predicted molar refractivity (Wildman–Crippen MR) is 82.6 cm³/mol. The van der Waals surface area contributed by atoms with Crippen molar-refractivity contribution in [3.8, 4) is 11.8 Å². The van der Waals surface area contributed by atoms with Gasteiger partial charge in [0.2, 0.25) is 0 Å². The van der Waals surface area contributed by atoms with Crippen molar-refractivity contribution in [2.45, 2.75) is 39.0 Å². The Hall–Kier alpha value is -1.57. The Bertz CT molecular complexity index is 582. The van der Waals surface area contributed by atoms with Crippen LogP contribution in [0.25, 0.3) is 5.76 Å². The average molecular weight is 307 g/mol. The highest BCUT2D eigenvalue weighted by atomic mass is 35.5. The average Bonchev–Trinajstić information content (AvgIpc) is 2.43. The second-order valence-corrected chi connectivity index (χ2v) is 5.11. The Labute approximate surface area is 130 Å². The van der Waals surface area contributed by atoms with Gasteiger partial charge in [0, 0.05) is 13.0 Å². The fourth-order valence-electron chi connectivity index (χ4n) is 1.99. The third-order valence-electron chi connectivity index (χ3n) is 3.24. The van der Waals surface area contributed by atoms with Gasteiger partial charge in [-0.1, -0.05) is 17.5 Å². The minimum absolute atomic E-state index is 0.137. The molecule has 0 aromatic carbocycles. The highest BCUT2D eigenvalue weighted by Gasteiger charge is 2.21. The molecule has 1 fully saturated rings. The zero-order chi connectivity index (χ0) is 15.1. The summed E-state index contributed by atoms with van der Waals surface area (Å²) in [6.07, 6.45) is 5.99. The molecule has 1 aliphatic rings. The van der Waals surface area contributed by atoms with Crippen LogP contribution in [0.2, 0.25) is 5.02 Å². The molecule has 0 saturated heterocycles. The normalized spacial score (nSPS) is 13.2. The third kappa shape index (κ3) is 3.96. The van der Waals surface area contributed by atoms with E-state index in [0.29, 0.717) is 35.9 Å². The summed E-state index contributed by atoms with van der Waals surface area (Å²) in [6.45, 7) is 2.67. The molecule has 2 rings (SSSR count). The Morgan fingerprint density at radius 2 is 2.24 bits per heavy atom. The van der Waals surface area contributed by atoms with Gasteiger partial charge in [0.1, 0.15) is 28.5 Å². The lowest BCUT2D eigenvalue weighted by molar-refractivity contribution is 0.289. The van der Waals surface area contributed by atoms with Crippen molar-refractivity contribution in [1.82, 2.24) is 9.97 Å². The maximum absolute atomic E-state index is 8.75. The van der Waals surface area contributed by atoms with Gasteiger partial charge >= 0.3 is 0 Å². The molecule has 0 radical (unpaired) electrons. The van der Waals surface area contributed by atoms with E-state index in [2.05, 4.69) is 21.8 Å². The lowest BCUT2D eigenvalue weighted by Gasteiger charge is -2.22. The largest absolute Gasteiger partial charge is 0.492 e.